The van der Waals surface area contributed by atoms with Crippen molar-refractivity contribution < 1.29 is 9.18 Å². The normalized spacial score (nSPS) is 12.4. The molecule has 2 rings (SSSR count). The van der Waals surface area contributed by atoms with Crippen molar-refractivity contribution in [3.8, 4) is 0 Å². The molecule has 3 nitrogen and oxygen atoms in total. The standard InChI is InChI=1S/C15H16ClFN2OS/c1-10(19(2)9-11-7-8-14(16)21-11)15(20)18-13-6-4-3-5-12(13)17/h3-8,10H,9H2,1-2H3,(H,18,20)/t10-/m0/s1. The highest BCUT2D eigenvalue weighted by Gasteiger charge is 2.19. The number of nitrogens with zero attached hydrogens (tertiary/aromatic N) is 1. The Balaban J connectivity index is 1.97. The smallest absolute Gasteiger partial charge is 0.241 e. The molecule has 1 atom stereocenters. The number of benzene rings is 1. The first-order valence-electron chi connectivity index (χ1n) is 6.47. The number of rotatable bonds is 5. The molecular formula is C15H16ClFN2OS. The Morgan fingerprint density at radius 3 is 2.71 bits per heavy atom. The summed E-state index contributed by atoms with van der Waals surface area (Å²) in [5.41, 5.74) is 0.196. The number of para-hydroxylation sites is 1. The van der Waals surface area contributed by atoms with Gasteiger partial charge in [0.1, 0.15) is 5.82 Å². The van der Waals surface area contributed by atoms with Gasteiger partial charge in [-0.25, -0.2) is 4.39 Å². The monoisotopic (exact) mass is 326 g/mol. The largest absolute Gasteiger partial charge is 0.322 e. The molecule has 0 radical (unpaired) electrons. The first-order valence-corrected chi connectivity index (χ1v) is 7.66. The molecular weight excluding hydrogens is 311 g/mol. The highest BCUT2D eigenvalue weighted by Crippen LogP contribution is 2.23. The van der Waals surface area contributed by atoms with Gasteiger partial charge in [0.15, 0.2) is 0 Å². The molecule has 0 bridgehead atoms. The minimum absolute atomic E-state index is 0.196. The molecule has 0 aliphatic rings. The van der Waals surface area contributed by atoms with Gasteiger partial charge in [0.2, 0.25) is 5.91 Å². The van der Waals surface area contributed by atoms with Crippen LogP contribution in [0.5, 0.6) is 0 Å². The zero-order valence-electron chi connectivity index (χ0n) is 11.8. The number of amides is 1. The number of hydrogen-bond acceptors (Lipinski definition) is 3. The predicted octanol–water partition coefficient (Wildman–Crippen LogP) is 4.00. The minimum atomic E-state index is -0.439. The summed E-state index contributed by atoms with van der Waals surface area (Å²) in [4.78, 5) is 15.1. The minimum Gasteiger partial charge on any atom is -0.322 e. The van der Waals surface area contributed by atoms with E-state index in [4.69, 9.17) is 11.6 Å². The summed E-state index contributed by atoms with van der Waals surface area (Å²) >= 11 is 7.37. The second kappa shape index (κ2) is 7.02. The molecule has 112 valence electrons. The second-order valence-corrected chi connectivity index (χ2v) is 6.57. The first kappa shape index (κ1) is 15.9. The molecule has 1 N–H and O–H groups in total. The molecule has 21 heavy (non-hydrogen) atoms. The second-order valence-electron chi connectivity index (χ2n) is 4.77. The summed E-state index contributed by atoms with van der Waals surface area (Å²) in [7, 11) is 1.85. The Kier molecular flexibility index (Phi) is 5.33. The molecule has 2 aromatic rings. The lowest BCUT2D eigenvalue weighted by molar-refractivity contribution is -0.120. The van der Waals surface area contributed by atoms with Gasteiger partial charge in [0, 0.05) is 11.4 Å². The number of nitrogens with one attached hydrogen (secondary N) is 1. The van der Waals surface area contributed by atoms with Crippen LogP contribution in [0.1, 0.15) is 11.8 Å². The van der Waals surface area contributed by atoms with Crippen molar-refractivity contribution in [3.63, 3.8) is 0 Å². The number of thiophene rings is 1. The molecule has 0 fully saturated rings. The van der Waals surface area contributed by atoms with Gasteiger partial charge in [-0.15, -0.1) is 11.3 Å². The van der Waals surface area contributed by atoms with E-state index in [-0.39, 0.29) is 17.6 Å². The fourth-order valence-corrected chi connectivity index (χ4v) is 2.97. The topological polar surface area (TPSA) is 32.3 Å². The van der Waals surface area contributed by atoms with Gasteiger partial charge < -0.3 is 5.32 Å². The van der Waals surface area contributed by atoms with Crippen molar-refractivity contribution in [1.29, 1.82) is 0 Å². The van der Waals surface area contributed by atoms with Gasteiger partial charge in [-0.2, -0.15) is 0 Å². The van der Waals surface area contributed by atoms with Crippen LogP contribution in [-0.4, -0.2) is 23.9 Å². The number of likely N-dealkylation sites (N-methyl/N-ethyl adjacent to an activating group) is 1. The zero-order valence-corrected chi connectivity index (χ0v) is 13.3. The summed E-state index contributed by atoms with van der Waals surface area (Å²) < 4.78 is 14.2. The summed E-state index contributed by atoms with van der Waals surface area (Å²) in [6.45, 7) is 2.40. The van der Waals surface area contributed by atoms with Crippen LogP contribution in [0.25, 0.3) is 0 Å². The van der Waals surface area contributed by atoms with E-state index in [1.54, 1.807) is 25.1 Å². The van der Waals surface area contributed by atoms with Crippen LogP contribution in [0.4, 0.5) is 10.1 Å². The quantitative estimate of drug-likeness (QED) is 0.900. The summed E-state index contributed by atoms with van der Waals surface area (Å²) in [6, 6.07) is 9.51. The Morgan fingerprint density at radius 1 is 1.38 bits per heavy atom. The number of hydrogen-bond donors (Lipinski definition) is 1. The number of carbonyl (C=O) groups excluding carboxylic acids is 1. The maximum absolute atomic E-state index is 13.5. The van der Waals surface area contributed by atoms with Crippen LogP contribution < -0.4 is 5.32 Å². The molecule has 0 unspecified atom stereocenters. The van der Waals surface area contributed by atoms with E-state index in [2.05, 4.69) is 5.32 Å². The van der Waals surface area contributed by atoms with E-state index in [0.717, 1.165) is 9.21 Å². The van der Waals surface area contributed by atoms with E-state index in [1.807, 2.05) is 24.1 Å². The Labute approximate surface area is 132 Å². The molecule has 1 aromatic heterocycles. The van der Waals surface area contributed by atoms with E-state index in [0.29, 0.717) is 6.54 Å². The van der Waals surface area contributed by atoms with Crippen molar-refractivity contribution >= 4 is 34.5 Å². The zero-order chi connectivity index (χ0) is 15.4. The fraction of sp³-hybridized carbons (Fsp3) is 0.267. The molecule has 0 saturated carbocycles. The maximum atomic E-state index is 13.5. The molecule has 6 heteroatoms. The van der Waals surface area contributed by atoms with Crippen LogP contribution in [0.2, 0.25) is 4.34 Å². The lowest BCUT2D eigenvalue weighted by atomic mass is 10.2. The third-order valence-electron chi connectivity index (χ3n) is 3.21. The summed E-state index contributed by atoms with van der Waals surface area (Å²) in [5.74, 6) is -0.684. The van der Waals surface area contributed by atoms with Gasteiger partial charge in [-0.1, -0.05) is 23.7 Å². The number of anilines is 1. The molecule has 1 heterocycles. The van der Waals surface area contributed by atoms with E-state index < -0.39 is 5.82 Å². The van der Waals surface area contributed by atoms with E-state index in [9.17, 15) is 9.18 Å². The fourth-order valence-electron chi connectivity index (χ4n) is 1.82. The van der Waals surface area contributed by atoms with Crippen molar-refractivity contribution in [2.24, 2.45) is 0 Å². The SMILES string of the molecule is C[C@@H](C(=O)Nc1ccccc1F)N(C)Cc1ccc(Cl)s1. The van der Waals surface area contributed by atoms with Gasteiger partial charge in [0.25, 0.3) is 0 Å². The Bertz CT molecular complexity index is 632. The van der Waals surface area contributed by atoms with Crippen LogP contribution >= 0.6 is 22.9 Å². The van der Waals surface area contributed by atoms with E-state index >= 15 is 0 Å². The van der Waals surface area contributed by atoms with Gasteiger partial charge in [-0.05, 0) is 38.2 Å². The first-order chi connectivity index (χ1) is 9.97. The van der Waals surface area contributed by atoms with Crippen molar-refractivity contribution in [1.82, 2.24) is 4.90 Å². The Hall–Kier alpha value is -1.43. The van der Waals surface area contributed by atoms with Crippen molar-refractivity contribution in [2.45, 2.75) is 19.5 Å². The number of carbonyl (C=O) groups is 1. The highest BCUT2D eigenvalue weighted by atomic mass is 35.5. The van der Waals surface area contributed by atoms with E-state index in [1.165, 1.54) is 17.4 Å². The van der Waals surface area contributed by atoms with Crippen molar-refractivity contribution in [3.05, 3.63) is 51.4 Å². The van der Waals surface area contributed by atoms with Crippen LogP contribution in [0, 0.1) is 5.82 Å². The van der Waals surface area contributed by atoms with Crippen LogP contribution in [0.15, 0.2) is 36.4 Å². The lowest BCUT2D eigenvalue weighted by Gasteiger charge is -2.23. The molecule has 0 aliphatic heterocycles. The third-order valence-corrected chi connectivity index (χ3v) is 4.42. The van der Waals surface area contributed by atoms with Gasteiger partial charge >= 0.3 is 0 Å². The Morgan fingerprint density at radius 2 is 2.10 bits per heavy atom. The third kappa shape index (κ3) is 4.27. The summed E-state index contributed by atoms with van der Waals surface area (Å²) in [6.07, 6.45) is 0. The molecule has 1 aromatic carbocycles. The molecule has 1 amide bonds. The average molecular weight is 327 g/mol. The number of halogens is 2. The predicted molar refractivity (Wildman–Crippen MR) is 85.3 cm³/mol. The van der Waals surface area contributed by atoms with Crippen molar-refractivity contribution in [2.75, 3.05) is 12.4 Å². The van der Waals surface area contributed by atoms with Gasteiger partial charge in [-0.3, -0.25) is 9.69 Å². The summed E-state index contributed by atoms with van der Waals surface area (Å²) in [5, 5.41) is 2.60. The lowest BCUT2D eigenvalue weighted by Crippen LogP contribution is -2.39. The highest BCUT2D eigenvalue weighted by molar-refractivity contribution is 7.16. The van der Waals surface area contributed by atoms with Gasteiger partial charge in [0.05, 0.1) is 16.1 Å². The molecule has 0 saturated heterocycles. The average Bonchev–Trinajstić information content (AvgIpc) is 2.85. The van der Waals surface area contributed by atoms with Crippen LogP contribution in [-0.2, 0) is 11.3 Å². The molecule has 0 spiro atoms. The molecule has 0 aliphatic carbocycles. The van der Waals surface area contributed by atoms with Crippen LogP contribution in [0.3, 0.4) is 0 Å². The maximum Gasteiger partial charge on any atom is 0.241 e.